The second kappa shape index (κ2) is 5.49. The van der Waals surface area contributed by atoms with Crippen molar-refractivity contribution in [1.29, 1.82) is 0 Å². The fourth-order valence-electron chi connectivity index (χ4n) is 1.75. The van der Waals surface area contributed by atoms with Gasteiger partial charge in [0, 0.05) is 21.0 Å². The van der Waals surface area contributed by atoms with Gasteiger partial charge >= 0.3 is 0 Å². The van der Waals surface area contributed by atoms with Crippen LogP contribution in [0.4, 0.5) is 5.69 Å². The number of unbranched alkanes of at least 4 members (excludes halogenated alkanes) is 1. The average molecular weight is 339 g/mol. The van der Waals surface area contributed by atoms with Crippen molar-refractivity contribution in [1.82, 2.24) is 0 Å². The van der Waals surface area contributed by atoms with E-state index < -0.39 is 0 Å². The van der Waals surface area contributed by atoms with E-state index in [4.69, 9.17) is 0 Å². The minimum atomic E-state index is 0.0357. The highest BCUT2D eigenvalue weighted by Gasteiger charge is 2.21. The zero-order valence-corrected chi connectivity index (χ0v) is 11.8. The molecule has 0 atom stereocenters. The molecule has 88 valence electrons. The Morgan fingerprint density at radius 3 is 2.59 bits per heavy atom. The first-order valence-electron chi connectivity index (χ1n) is 5.70. The molecule has 0 saturated heterocycles. The number of anilines is 1. The molecule has 1 aliphatic heterocycles. The van der Waals surface area contributed by atoms with E-state index in [9.17, 15) is 4.79 Å². The largest absolute Gasteiger partial charge is 0.278 e. The number of amides is 1. The average Bonchev–Trinajstić information content (AvgIpc) is 2.69. The first-order chi connectivity index (χ1) is 8.22. The quantitative estimate of drug-likeness (QED) is 0.766. The van der Waals surface area contributed by atoms with Crippen molar-refractivity contribution in [2.24, 2.45) is 0 Å². The Balaban J connectivity index is 2.29. The van der Waals surface area contributed by atoms with Crippen molar-refractivity contribution < 1.29 is 4.79 Å². The van der Waals surface area contributed by atoms with Crippen LogP contribution in [0.25, 0.3) is 0 Å². The summed E-state index contributed by atoms with van der Waals surface area (Å²) in [5.74, 6) is 0.0357. The van der Waals surface area contributed by atoms with Crippen LogP contribution in [0.5, 0.6) is 0 Å². The summed E-state index contributed by atoms with van der Waals surface area (Å²) >= 11 is 2.26. The fourth-order valence-corrected chi connectivity index (χ4v) is 2.11. The molecule has 1 amide bonds. The molecule has 0 saturated carbocycles. The minimum absolute atomic E-state index is 0.0357. The fraction of sp³-hybridized carbons (Fsp3) is 0.214. The van der Waals surface area contributed by atoms with Crippen molar-refractivity contribution in [3.05, 3.63) is 51.8 Å². The van der Waals surface area contributed by atoms with Crippen LogP contribution in [0, 0.1) is 3.57 Å². The van der Waals surface area contributed by atoms with Crippen LogP contribution in [0.15, 0.2) is 48.2 Å². The molecule has 3 heteroatoms. The molecule has 0 bridgehead atoms. The van der Waals surface area contributed by atoms with Crippen molar-refractivity contribution in [2.45, 2.75) is 19.8 Å². The predicted molar refractivity (Wildman–Crippen MR) is 78.8 cm³/mol. The number of carbonyl (C=O) groups excluding carboxylic acids is 1. The van der Waals surface area contributed by atoms with Gasteiger partial charge in [-0.15, -0.1) is 0 Å². The summed E-state index contributed by atoms with van der Waals surface area (Å²) < 4.78 is 1.17. The van der Waals surface area contributed by atoms with Gasteiger partial charge in [0.1, 0.15) is 0 Å². The van der Waals surface area contributed by atoms with Gasteiger partial charge in [0.05, 0.1) is 0 Å². The molecular formula is C14H14INO. The Bertz CT molecular complexity index is 474. The topological polar surface area (TPSA) is 20.3 Å². The molecule has 1 aliphatic rings. The van der Waals surface area contributed by atoms with Gasteiger partial charge in [0.2, 0.25) is 0 Å². The van der Waals surface area contributed by atoms with Crippen molar-refractivity contribution >= 4 is 34.2 Å². The maximum Gasteiger partial charge on any atom is 0.255 e. The highest BCUT2D eigenvalue weighted by atomic mass is 127. The number of nitrogens with zero attached hydrogens (tertiary/aromatic N) is 1. The summed E-state index contributed by atoms with van der Waals surface area (Å²) in [6, 6.07) is 7.98. The number of halogens is 1. The zero-order chi connectivity index (χ0) is 12.3. The molecule has 0 N–H and O–H groups in total. The lowest BCUT2D eigenvalue weighted by atomic mass is 10.2. The molecular weight excluding hydrogens is 325 g/mol. The normalized spacial score (nSPS) is 17.2. The number of benzene rings is 1. The number of hydrogen-bond acceptors (Lipinski definition) is 1. The summed E-state index contributed by atoms with van der Waals surface area (Å²) in [7, 11) is 0. The molecule has 2 nitrogen and oxygen atoms in total. The summed E-state index contributed by atoms with van der Waals surface area (Å²) in [6.07, 6.45) is 7.70. The Labute approximate surface area is 115 Å². The van der Waals surface area contributed by atoms with Crippen LogP contribution in [0.1, 0.15) is 19.8 Å². The van der Waals surface area contributed by atoms with Crippen LogP contribution < -0.4 is 4.90 Å². The van der Waals surface area contributed by atoms with Crippen LogP contribution in [-0.2, 0) is 4.79 Å². The SMILES string of the molecule is CCC/C=C1\C=CC(=O)N1c1ccc(I)cc1. The van der Waals surface area contributed by atoms with Crippen LogP contribution in [0.2, 0.25) is 0 Å². The number of rotatable bonds is 3. The van der Waals surface area contributed by atoms with E-state index in [1.807, 2.05) is 30.3 Å². The van der Waals surface area contributed by atoms with Gasteiger partial charge in [-0.05, 0) is 59.4 Å². The summed E-state index contributed by atoms with van der Waals surface area (Å²) in [5, 5.41) is 0. The number of hydrogen-bond donors (Lipinski definition) is 0. The molecule has 2 rings (SSSR count). The molecule has 17 heavy (non-hydrogen) atoms. The molecule has 0 unspecified atom stereocenters. The van der Waals surface area contributed by atoms with E-state index in [0.717, 1.165) is 24.2 Å². The Hall–Kier alpha value is -1.10. The zero-order valence-electron chi connectivity index (χ0n) is 9.69. The smallest absolute Gasteiger partial charge is 0.255 e. The van der Waals surface area contributed by atoms with Gasteiger partial charge < -0.3 is 0 Å². The molecule has 0 aliphatic carbocycles. The predicted octanol–water partition coefficient (Wildman–Crippen LogP) is 3.88. The van der Waals surface area contributed by atoms with Gasteiger partial charge in [-0.25, -0.2) is 0 Å². The third kappa shape index (κ3) is 2.77. The van der Waals surface area contributed by atoms with Crippen molar-refractivity contribution in [2.75, 3.05) is 4.90 Å². The second-order valence-corrected chi connectivity index (χ2v) is 5.15. The second-order valence-electron chi connectivity index (χ2n) is 3.90. The monoisotopic (exact) mass is 339 g/mol. The van der Waals surface area contributed by atoms with Gasteiger partial charge in [-0.3, -0.25) is 9.69 Å². The third-order valence-corrected chi connectivity index (χ3v) is 3.32. The van der Waals surface area contributed by atoms with Crippen molar-refractivity contribution in [3.8, 4) is 0 Å². The van der Waals surface area contributed by atoms with Crippen LogP contribution >= 0.6 is 22.6 Å². The molecule has 0 fully saturated rings. The van der Waals surface area contributed by atoms with Gasteiger partial charge in [0.15, 0.2) is 0 Å². The molecule has 0 radical (unpaired) electrons. The molecule has 1 aromatic carbocycles. The maximum atomic E-state index is 11.8. The minimum Gasteiger partial charge on any atom is -0.278 e. The lowest BCUT2D eigenvalue weighted by Crippen LogP contribution is -2.23. The highest BCUT2D eigenvalue weighted by Crippen LogP contribution is 2.26. The molecule has 0 spiro atoms. The van der Waals surface area contributed by atoms with Crippen LogP contribution in [0.3, 0.4) is 0 Å². The molecule has 1 aromatic rings. The molecule has 1 heterocycles. The summed E-state index contributed by atoms with van der Waals surface area (Å²) in [5.41, 5.74) is 1.92. The summed E-state index contributed by atoms with van der Waals surface area (Å²) in [4.78, 5) is 13.6. The van der Waals surface area contributed by atoms with E-state index in [1.165, 1.54) is 3.57 Å². The first-order valence-corrected chi connectivity index (χ1v) is 6.78. The number of carbonyl (C=O) groups is 1. The van der Waals surface area contributed by atoms with E-state index in [-0.39, 0.29) is 5.91 Å². The lowest BCUT2D eigenvalue weighted by molar-refractivity contribution is -0.113. The number of allylic oxidation sites excluding steroid dienone is 2. The van der Waals surface area contributed by atoms with E-state index >= 15 is 0 Å². The standard InChI is InChI=1S/C14H14INO/c1-2-3-4-12-9-10-14(17)16(12)13-7-5-11(15)6-8-13/h4-10H,2-3H2,1H3/b12-4+. The van der Waals surface area contributed by atoms with Gasteiger partial charge in [-0.2, -0.15) is 0 Å². The highest BCUT2D eigenvalue weighted by molar-refractivity contribution is 14.1. The van der Waals surface area contributed by atoms with Crippen LogP contribution in [-0.4, -0.2) is 5.91 Å². The van der Waals surface area contributed by atoms with E-state index in [1.54, 1.807) is 11.0 Å². The maximum absolute atomic E-state index is 11.8. The van der Waals surface area contributed by atoms with Crippen molar-refractivity contribution in [3.63, 3.8) is 0 Å². The Morgan fingerprint density at radius 2 is 1.94 bits per heavy atom. The molecule has 0 aromatic heterocycles. The third-order valence-electron chi connectivity index (χ3n) is 2.60. The lowest BCUT2D eigenvalue weighted by Gasteiger charge is -2.18. The Kier molecular flexibility index (Phi) is 3.99. The summed E-state index contributed by atoms with van der Waals surface area (Å²) in [6.45, 7) is 2.13. The Morgan fingerprint density at radius 1 is 1.24 bits per heavy atom. The van der Waals surface area contributed by atoms with Gasteiger partial charge in [0.25, 0.3) is 5.91 Å². The van der Waals surface area contributed by atoms with E-state index in [2.05, 4.69) is 35.6 Å². The van der Waals surface area contributed by atoms with E-state index in [0.29, 0.717) is 0 Å². The van der Waals surface area contributed by atoms with Gasteiger partial charge in [-0.1, -0.05) is 19.4 Å². The first kappa shape index (κ1) is 12.4.